The maximum absolute atomic E-state index is 12.0. The number of esters is 1. The monoisotopic (exact) mass is 298 g/mol. The first kappa shape index (κ1) is 17.2. The Morgan fingerprint density at radius 1 is 1.24 bits per heavy atom. The molecule has 1 rings (SSSR count). The van der Waals surface area contributed by atoms with E-state index in [2.05, 4.69) is 0 Å². The van der Waals surface area contributed by atoms with Crippen molar-refractivity contribution >= 4 is 17.9 Å². The molecule has 6 nitrogen and oxygen atoms in total. The van der Waals surface area contributed by atoms with Gasteiger partial charge >= 0.3 is 17.9 Å². The first-order valence-electron chi connectivity index (χ1n) is 6.98. The minimum absolute atomic E-state index is 0.0749. The van der Waals surface area contributed by atoms with Crippen LogP contribution in [0.15, 0.2) is 11.6 Å². The topological polar surface area (TPSA) is 101 Å². The summed E-state index contributed by atoms with van der Waals surface area (Å²) in [6.07, 6.45) is 4.55. The molecular formula is C15H22O6. The van der Waals surface area contributed by atoms with Gasteiger partial charge in [0.15, 0.2) is 5.92 Å². The van der Waals surface area contributed by atoms with Crippen molar-refractivity contribution in [3.05, 3.63) is 11.6 Å². The number of carboxylic acid groups (broad SMARTS) is 2. The molecule has 0 fully saturated rings. The van der Waals surface area contributed by atoms with Gasteiger partial charge in [-0.3, -0.25) is 14.4 Å². The van der Waals surface area contributed by atoms with Gasteiger partial charge in [0.25, 0.3) is 0 Å². The first-order valence-corrected chi connectivity index (χ1v) is 6.98. The minimum Gasteiger partial charge on any atom is -0.481 e. The molecule has 6 heteroatoms. The molecule has 1 unspecified atom stereocenters. The molecule has 0 aromatic heterocycles. The van der Waals surface area contributed by atoms with Crippen LogP contribution in [-0.2, 0) is 19.1 Å². The Morgan fingerprint density at radius 3 is 2.24 bits per heavy atom. The molecule has 0 aliphatic heterocycles. The maximum Gasteiger partial charge on any atom is 0.321 e. The molecule has 21 heavy (non-hydrogen) atoms. The van der Waals surface area contributed by atoms with Crippen LogP contribution in [0.1, 0.15) is 46.5 Å². The van der Waals surface area contributed by atoms with Crippen LogP contribution in [0, 0.1) is 11.8 Å². The summed E-state index contributed by atoms with van der Waals surface area (Å²) < 4.78 is 5.05. The van der Waals surface area contributed by atoms with Gasteiger partial charge in [0.05, 0.1) is 5.92 Å². The van der Waals surface area contributed by atoms with Gasteiger partial charge < -0.3 is 14.9 Å². The number of aliphatic carboxylic acids is 2. The number of ether oxygens (including phenoxy) is 1. The lowest BCUT2D eigenvalue weighted by Crippen LogP contribution is -2.40. The van der Waals surface area contributed by atoms with Crippen LogP contribution in [-0.4, -0.2) is 33.7 Å². The Balaban J connectivity index is 2.95. The largest absolute Gasteiger partial charge is 0.481 e. The van der Waals surface area contributed by atoms with Gasteiger partial charge in [-0.1, -0.05) is 11.6 Å². The Labute approximate surface area is 123 Å². The van der Waals surface area contributed by atoms with Gasteiger partial charge in [-0.2, -0.15) is 0 Å². The number of carboxylic acids is 2. The number of rotatable bonds is 6. The van der Waals surface area contributed by atoms with Crippen LogP contribution in [0.2, 0.25) is 0 Å². The quantitative estimate of drug-likeness (QED) is 0.443. The molecule has 1 aliphatic carbocycles. The number of allylic oxidation sites excluding steroid dienone is 2. The SMILES string of the molecule is CC(C)(C)OC(=O)C(C(=O)O)[C@H](CC1=CCCC1)C(=O)O. The number of carbonyl (C=O) groups excluding carboxylic acids is 1. The smallest absolute Gasteiger partial charge is 0.321 e. The van der Waals surface area contributed by atoms with E-state index in [1.54, 1.807) is 20.8 Å². The third-order valence-electron chi connectivity index (χ3n) is 3.26. The highest BCUT2D eigenvalue weighted by atomic mass is 16.6. The molecule has 0 radical (unpaired) electrons. The Morgan fingerprint density at radius 2 is 1.86 bits per heavy atom. The predicted octanol–water partition coefficient (Wildman–Crippen LogP) is 2.23. The third kappa shape index (κ3) is 5.21. The van der Waals surface area contributed by atoms with E-state index in [1.807, 2.05) is 6.08 Å². The Kier molecular flexibility index (Phi) is 5.52. The Bertz CT molecular complexity index is 457. The summed E-state index contributed by atoms with van der Waals surface area (Å²) in [4.78, 5) is 34.8. The summed E-state index contributed by atoms with van der Waals surface area (Å²) in [5.74, 6) is -6.75. The fourth-order valence-corrected chi connectivity index (χ4v) is 2.36. The maximum atomic E-state index is 12.0. The van der Waals surface area contributed by atoms with Crippen LogP contribution in [0.3, 0.4) is 0 Å². The van der Waals surface area contributed by atoms with E-state index in [4.69, 9.17) is 4.74 Å². The average Bonchev–Trinajstić information content (AvgIpc) is 2.77. The Hall–Kier alpha value is -1.85. The lowest BCUT2D eigenvalue weighted by Gasteiger charge is -2.25. The predicted molar refractivity (Wildman–Crippen MR) is 74.6 cm³/mol. The zero-order valence-corrected chi connectivity index (χ0v) is 12.6. The van der Waals surface area contributed by atoms with Crippen molar-refractivity contribution in [3.8, 4) is 0 Å². The molecule has 1 aliphatic rings. The van der Waals surface area contributed by atoms with Crippen LogP contribution in [0.5, 0.6) is 0 Å². The number of hydrogen-bond donors (Lipinski definition) is 2. The third-order valence-corrected chi connectivity index (χ3v) is 3.26. The molecule has 0 amide bonds. The van der Waals surface area contributed by atoms with E-state index < -0.39 is 35.3 Å². The molecule has 0 aromatic rings. The minimum atomic E-state index is -1.69. The van der Waals surface area contributed by atoms with Crippen molar-refractivity contribution < 1.29 is 29.3 Å². The van der Waals surface area contributed by atoms with Crippen molar-refractivity contribution in [1.82, 2.24) is 0 Å². The number of hydrogen-bond acceptors (Lipinski definition) is 4. The fraction of sp³-hybridized carbons (Fsp3) is 0.667. The average molecular weight is 298 g/mol. The zero-order chi connectivity index (χ0) is 16.2. The lowest BCUT2D eigenvalue weighted by molar-refractivity contribution is -0.173. The second kappa shape index (κ2) is 6.74. The van der Waals surface area contributed by atoms with Gasteiger partial charge in [0.1, 0.15) is 5.60 Å². The van der Waals surface area contributed by atoms with Gasteiger partial charge in [0, 0.05) is 0 Å². The normalized spacial score (nSPS) is 17.8. The second-order valence-electron chi connectivity index (χ2n) is 6.25. The van der Waals surface area contributed by atoms with Crippen molar-refractivity contribution in [1.29, 1.82) is 0 Å². The van der Waals surface area contributed by atoms with Crippen molar-refractivity contribution in [2.75, 3.05) is 0 Å². The van der Waals surface area contributed by atoms with Crippen molar-refractivity contribution in [2.45, 2.75) is 52.1 Å². The van der Waals surface area contributed by atoms with Gasteiger partial charge in [0.2, 0.25) is 0 Å². The highest BCUT2D eigenvalue weighted by Crippen LogP contribution is 2.30. The molecular weight excluding hydrogens is 276 g/mol. The summed E-state index contributed by atoms with van der Waals surface area (Å²) in [7, 11) is 0. The summed E-state index contributed by atoms with van der Waals surface area (Å²) in [5.41, 5.74) is 0.0395. The molecule has 0 aromatic carbocycles. The second-order valence-corrected chi connectivity index (χ2v) is 6.25. The fourth-order valence-electron chi connectivity index (χ4n) is 2.36. The number of carbonyl (C=O) groups is 3. The summed E-state index contributed by atoms with van der Waals surface area (Å²) in [5, 5.41) is 18.6. The highest BCUT2D eigenvalue weighted by Gasteiger charge is 2.42. The van der Waals surface area contributed by atoms with Crippen LogP contribution >= 0.6 is 0 Å². The molecule has 2 N–H and O–H groups in total. The summed E-state index contributed by atoms with van der Waals surface area (Å²) >= 11 is 0. The van der Waals surface area contributed by atoms with E-state index in [0.717, 1.165) is 24.8 Å². The van der Waals surface area contributed by atoms with Gasteiger partial charge in [-0.15, -0.1) is 0 Å². The van der Waals surface area contributed by atoms with E-state index in [1.165, 1.54) is 0 Å². The molecule has 0 saturated carbocycles. The van der Waals surface area contributed by atoms with Crippen molar-refractivity contribution in [2.24, 2.45) is 11.8 Å². The van der Waals surface area contributed by atoms with E-state index >= 15 is 0 Å². The van der Waals surface area contributed by atoms with Gasteiger partial charge in [-0.25, -0.2) is 0 Å². The van der Waals surface area contributed by atoms with E-state index in [-0.39, 0.29) is 6.42 Å². The molecule has 2 atom stereocenters. The van der Waals surface area contributed by atoms with E-state index in [0.29, 0.717) is 0 Å². The van der Waals surface area contributed by atoms with E-state index in [9.17, 15) is 24.6 Å². The molecule has 118 valence electrons. The summed E-state index contributed by atoms with van der Waals surface area (Å²) in [6, 6.07) is 0. The van der Waals surface area contributed by atoms with Crippen LogP contribution < -0.4 is 0 Å². The molecule has 0 saturated heterocycles. The van der Waals surface area contributed by atoms with Crippen LogP contribution in [0.25, 0.3) is 0 Å². The van der Waals surface area contributed by atoms with Crippen molar-refractivity contribution in [3.63, 3.8) is 0 Å². The molecule has 0 heterocycles. The zero-order valence-electron chi connectivity index (χ0n) is 12.6. The van der Waals surface area contributed by atoms with Gasteiger partial charge in [-0.05, 0) is 46.5 Å². The standard InChI is InChI=1S/C15H22O6/c1-15(2,3)21-14(20)11(13(18)19)10(12(16)17)8-9-6-4-5-7-9/h6,10-11H,4-5,7-8H2,1-3H3,(H,16,17)(H,18,19)/t10-,11?/m0/s1. The summed E-state index contributed by atoms with van der Waals surface area (Å²) in [6.45, 7) is 4.83. The van der Waals surface area contributed by atoms with Crippen LogP contribution in [0.4, 0.5) is 0 Å². The highest BCUT2D eigenvalue weighted by molar-refractivity contribution is 5.98. The molecule has 0 spiro atoms. The lowest BCUT2D eigenvalue weighted by atomic mass is 9.86. The molecule has 0 bridgehead atoms. The first-order chi connectivity index (χ1) is 9.61.